The molecule has 0 amide bonds. The molecule has 0 bridgehead atoms. The van der Waals surface area contributed by atoms with Crippen LogP contribution in [0.1, 0.15) is 0 Å². The Labute approximate surface area is 130 Å². The Morgan fingerprint density at radius 2 is 1.55 bits per heavy atom. The van der Waals surface area contributed by atoms with Gasteiger partial charge in [0.25, 0.3) is 0 Å². The van der Waals surface area contributed by atoms with Crippen molar-refractivity contribution in [3.63, 3.8) is 0 Å². The maximum Gasteiger partial charge on any atom is 0.218 e. The molecule has 6 atom stereocenters. The Kier molecular flexibility index (Phi) is 7.45. The highest BCUT2D eigenvalue weighted by atomic mass is 32.3. The van der Waals surface area contributed by atoms with Gasteiger partial charge in [0.2, 0.25) is 10.4 Å². The van der Waals surface area contributed by atoms with Crippen LogP contribution < -0.4 is 0 Å². The first-order chi connectivity index (χ1) is 10.2. The van der Waals surface area contributed by atoms with Crippen molar-refractivity contribution in [2.45, 2.75) is 34.9 Å². The lowest BCUT2D eigenvalue weighted by Crippen LogP contribution is -2.44. The van der Waals surface area contributed by atoms with Gasteiger partial charge in [-0.25, -0.2) is 8.42 Å². The van der Waals surface area contributed by atoms with E-state index in [-0.39, 0.29) is 5.75 Å². The Bertz CT molecular complexity index is 427. The second-order valence-electron chi connectivity index (χ2n) is 4.85. The molecule has 1 heterocycles. The normalized spacial score (nSPS) is 35.5. The first kappa shape index (κ1) is 20.0. The number of aliphatic hydroxyl groups excluding tert-OH is 6. The average molecular weight is 364 g/mol. The van der Waals surface area contributed by atoms with Crippen molar-refractivity contribution in [2.24, 2.45) is 0 Å². The van der Waals surface area contributed by atoms with Crippen LogP contribution in [0.25, 0.3) is 0 Å². The Hall–Kier alpha value is -0.0200. The fraction of sp³-hybridized carbons (Fsp3) is 1.00. The van der Waals surface area contributed by atoms with Crippen molar-refractivity contribution in [3.8, 4) is 0 Å². The molecule has 1 fully saturated rings. The van der Waals surface area contributed by atoms with Gasteiger partial charge in [-0.2, -0.15) is 0 Å². The van der Waals surface area contributed by atoms with E-state index >= 15 is 0 Å². The van der Waals surface area contributed by atoms with Gasteiger partial charge < -0.3 is 35.2 Å². The van der Waals surface area contributed by atoms with Gasteiger partial charge >= 0.3 is 0 Å². The van der Waals surface area contributed by atoms with Crippen LogP contribution in [-0.4, -0.2) is 104 Å². The first-order valence-electron chi connectivity index (χ1n) is 6.35. The summed E-state index contributed by atoms with van der Waals surface area (Å²) >= 11 is 0. The lowest BCUT2D eigenvalue weighted by Gasteiger charge is -2.24. The van der Waals surface area contributed by atoms with Crippen LogP contribution in [0, 0.1) is 0 Å². The number of hydrogen-bond acceptors (Lipinski definition) is 10. The second kappa shape index (κ2) is 8.19. The highest BCUT2D eigenvalue weighted by Crippen LogP contribution is 2.31. The van der Waals surface area contributed by atoms with Gasteiger partial charge in [-0.15, -0.1) is 0 Å². The predicted molar refractivity (Wildman–Crippen MR) is 73.7 cm³/mol. The number of aliphatic hydroxyl groups is 6. The molecule has 1 aliphatic rings. The summed E-state index contributed by atoms with van der Waals surface area (Å²) in [6.45, 7) is -1.98. The van der Waals surface area contributed by atoms with Gasteiger partial charge in [0.1, 0.15) is 30.2 Å². The highest BCUT2D eigenvalue weighted by molar-refractivity contribution is 7.98. The molecule has 0 aromatic rings. The Morgan fingerprint density at radius 1 is 1.09 bits per heavy atom. The SMILES string of the molecule is O=S(=O)([O-])O[C@H](CO)[C@@H](O)C[S+]1[C@@H](CO)[C@@H](O)[C@H](O)[C@@H]1CO. The lowest BCUT2D eigenvalue weighted by atomic mass is 10.1. The van der Waals surface area contributed by atoms with Gasteiger partial charge in [-0.3, -0.25) is 4.18 Å². The molecule has 132 valence electrons. The van der Waals surface area contributed by atoms with E-state index in [1.165, 1.54) is 0 Å². The zero-order valence-corrected chi connectivity index (χ0v) is 13.1. The monoisotopic (exact) mass is 364 g/mol. The molecule has 0 aromatic carbocycles. The third kappa shape index (κ3) is 4.74. The molecular formula is C10H20O10S2. The van der Waals surface area contributed by atoms with E-state index < -0.39 is 76.0 Å². The smallest absolute Gasteiger partial charge is 0.218 e. The lowest BCUT2D eigenvalue weighted by molar-refractivity contribution is 0.0105. The molecule has 12 heteroatoms. The minimum Gasteiger partial charge on any atom is -0.726 e. The summed E-state index contributed by atoms with van der Waals surface area (Å²) in [5, 5.41) is 55.4. The van der Waals surface area contributed by atoms with Crippen LogP contribution in [0.2, 0.25) is 0 Å². The Morgan fingerprint density at radius 3 is 1.86 bits per heavy atom. The van der Waals surface area contributed by atoms with Crippen molar-refractivity contribution in [1.82, 2.24) is 0 Å². The fourth-order valence-corrected chi connectivity index (χ4v) is 5.81. The molecule has 10 nitrogen and oxygen atoms in total. The van der Waals surface area contributed by atoms with Gasteiger partial charge in [-0.1, -0.05) is 0 Å². The quantitative estimate of drug-likeness (QED) is 0.139. The number of rotatable bonds is 8. The van der Waals surface area contributed by atoms with Crippen molar-refractivity contribution >= 4 is 21.3 Å². The topological polar surface area (TPSA) is 188 Å². The van der Waals surface area contributed by atoms with E-state index in [1.807, 2.05) is 0 Å². The van der Waals surface area contributed by atoms with Gasteiger partial charge in [0, 0.05) is 10.9 Å². The molecule has 0 saturated carbocycles. The third-order valence-corrected chi connectivity index (χ3v) is 7.08. The largest absolute Gasteiger partial charge is 0.726 e. The summed E-state index contributed by atoms with van der Waals surface area (Å²) in [4.78, 5) is 0. The van der Waals surface area contributed by atoms with Gasteiger partial charge in [0.05, 0.1) is 19.8 Å². The molecule has 0 aliphatic carbocycles. The Balaban J connectivity index is 2.84. The predicted octanol–water partition coefficient (Wildman–Crippen LogP) is -4.74. The van der Waals surface area contributed by atoms with E-state index in [1.54, 1.807) is 0 Å². The molecule has 0 spiro atoms. The maximum absolute atomic E-state index is 10.5. The van der Waals surface area contributed by atoms with E-state index in [4.69, 9.17) is 5.11 Å². The molecule has 1 rings (SSSR count). The summed E-state index contributed by atoms with van der Waals surface area (Å²) < 4.78 is 35.6. The van der Waals surface area contributed by atoms with E-state index in [0.29, 0.717) is 0 Å². The zero-order chi connectivity index (χ0) is 17.1. The van der Waals surface area contributed by atoms with E-state index in [9.17, 15) is 38.5 Å². The first-order valence-corrected chi connectivity index (χ1v) is 9.21. The molecule has 1 saturated heterocycles. The van der Waals surface area contributed by atoms with Crippen LogP contribution in [0.5, 0.6) is 0 Å². The fourth-order valence-electron chi connectivity index (χ4n) is 2.35. The molecule has 6 N–H and O–H groups in total. The summed E-state index contributed by atoms with van der Waals surface area (Å²) in [7, 11) is -6.22. The van der Waals surface area contributed by atoms with Crippen molar-refractivity contribution in [1.29, 1.82) is 0 Å². The molecule has 0 aromatic heterocycles. The minimum atomic E-state index is -5.14. The molecule has 22 heavy (non-hydrogen) atoms. The highest BCUT2D eigenvalue weighted by Gasteiger charge is 2.57. The van der Waals surface area contributed by atoms with Crippen molar-refractivity contribution in [3.05, 3.63) is 0 Å². The van der Waals surface area contributed by atoms with Crippen LogP contribution >= 0.6 is 0 Å². The minimum absolute atomic E-state index is 0.272. The molecule has 0 unspecified atom stereocenters. The third-order valence-electron chi connectivity index (χ3n) is 3.46. The van der Waals surface area contributed by atoms with Gasteiger partial charge in [0.15, 0.2) is 10.5 Å². The van der Waals surface area contributed by atoms with Crippen LogP contribution in [0.3, 0.4) is 0 Å². The van der Waals surface area contributed by atoms with Crippen LogP contribution in [0.4, 0.5) is 0 Å². The van der Waals surface area contributed by atoms with Gasteiger partial charge in [-0.05, 0) is 0 Å². The van der Waals surface area contributed by atoms with E-state index in [2.05, 4.69) is 4.18 Å². The summed E-state index contributed by atoms with van der Waals surface area (Å²) in [5.74, 6) is -0.272. The molecular weight excluding hydrogens is 344 g/mol. The van der Waals surface area contributed by atoms with E-state index in [0.717, 1.165) is 0 Å². The van der Waals surface area contributed by atoms with Crippen molar-refractivity contribution in [2.75, 3.05) is 25.6 Å². The molecule has 0 radical (unpaired) electrons. The summed E-state index contributed by atoms with van der Waals surface area (Å²) in [5.41, 5.74) is 0. The zero-order valence-electron chi connectivity index (χ0n) is 11.4. The maximum atomic E-state index is 10.5. The molecule has 1 aliphatic heterocycles. The average Bonchev–Trinajstić information content (AvgIpc) is 2.66. The summed E-state index contributed by atoms with van der Waals surface area (Å²) in [6.07, 6.45) is -5.93. The summed E-state index contributed by atoms with van der Waals surface area (Å²) in [6, 6.07) is 0. The van der Waals surface area contributed by atoms with Crippen molar-refractivity contribution < 1.29 is 47.8 Å². The second-order valence-corrected chi connectivity index (χ2v) is 8.34. The number of hydrogen-bond donors (Lipinski definition) is 6. The van der Waals surface area contributed by atoms with Crippen LogP contribution in [-0.2, 0) is 25.5 Å². The van der Waals surface area contributed by atoms with Crippen LogP contribution in [0.15, 0.2) is 0 Å². The standard InChI is InChI=1S/C10H20O10S2/c11-1-6(20-22(17,18)19)5(14)4-21-7(2-12)9(15)10(16)8(21)3-13/h5-16H,1-4H2/t5-,6+,7-,8-,9+,10+/m0/s1.